The number of methoxy groups -OCH3 is 1. The highest BCUT2D eigenvalue weighted by Crippen LogP contribution is 2.32. The zero-order chi connectivity index (χ0) is 18.6. The van der Waals surface area contributed by atoms with E-state index >= 15 is 0 Å². The molecule has 0 unspecified atom stereocenters. The maximum absolute atomic E-state index is 11.8. The number of esters is 1. The van der Waals surface area contributed by atoms with Crippen LogP contribution in [0.15, 0.2) is 18.3 Å². The molecule has 0 amide bonds. The molecule has 1 aromatic carbocycles. The molecule has 25 heavy (non-hydrogen) atoms. The predicted molar refractivity (Wildman–Crippen MR) is 101 cm³/mol. The number of aromatic nitrogens is 2. The summed E-state index contributed by atoms with van der Waals surface area (Å²) in [4.78, 5) is 11.8. The molecule has 6 nitrogen and oxygen atoms in total. The molecule has 0 aliphatic heterocycles. The zero-order valence-corrected chi connectivity index (χ0v) is 15.8. The molecule has 0 aliphatic rings. The lowest BCUT2D eigenvalue weighted by Crippen LogP contribution is -2.23. The number of nitrogen functional groups attached to an aromatic ring is 1. The molecule has 0 spiro atoms. The average Bonchev–Trinajstić information content (AvgIpc) is 2.89. The molecule has 0 saturated carbocycles. The number of carbonyl (C=O) groups excluding carboxylic acids is 1. The summed E-state index contributed by atoms with van der Waals surface area (Å²) in [6.07, 6.45) is 5.56. The van der Waals surface area contributed by atoms with E-state index in [9.17, 15) is 4.79 Å². The van der Waals surface area contributed by atoms with Gasteiger partial charge in [0.25, 0.3) is 0 Å². The van der Waals surface area contributed by atoms with E-state index in [1.807, 2.05) is 27.0 Å². The van der Waals surface area contributed by atoms with Crippen LogP contribution in [0.3, 0.4) is 0 Å². The van der Waals surface area contributed by atoms with Crippen LogP contribution in [0.5, 0.6) is 0 Å². The minimum Gasteiger partial charge on any atom is -0.460 e. The molecule has 0 atom stereocenters. The van der Waals surface area contributed by atoms with Crippen LogP contribution in [-0.2, 0) is 20.8 Å². The number of nitrogens with two attached hydrogens (primary N) is 1. The Balaban J connectivity index is 2.26. The molecule has 0 saturated heterocycles. The molecule has 1 aromatic heterocycles. The van der Waals surface area contributed by atoms with Crippen LogP contribution < -0.4 is 5.73 Å². The summed E-state index contributed by atoms with van der Waals surface area (Å²) in [6.45, 7) is 6.69. The summed E-state index contributed by atoms with van der Waals surface area (Å²) >= 11 is 6.21. The molecular weight excluding hydrogens is 342 g/mol. The van der Waals surface area contributed by atoms with E-state index in [4.69, 9.17) is 26.8 Å². The Morgan fingerprint density at radius 3 is 2.80 bits per heavy atom. The molecule has 1 heterocycles. The molecule has 2 aromatic rings. The van der Waals surface area contributed by atoms with Gasteiger partial charge in [-0.3, -0.25) is 9.48 Å². The molecule has 2 rings (SSSR count). The quantitative estimate of drug-likeness (QED) is 0.624. The van der Waals surface area contributed by atoms with Gasteiger partial charge in [-0.2, -0.15) is 5.10 Å². The van der Waals surface area contributed by atoms with Crippen molar-refractivity contribution in [2.75, 3.05) is 19.5 Å². The summed E-state index contributed by atoms with van der Waals surface area (Å²) in [5, 5.41) is 5.78. The summed E-state index contributed by atoms with van der Waals surface area (Å²) in [5.74, 6) is -0.295. The summed E-state index contributed by atoms with van der Waals surface area (Å²) < 4.78 is 12.1. The highest BCUT2D eigenvalue weighted by molar-refractivity contribution is 6.34. The monoisotopic (exact) mass is 365 g/mol. The van der Waals surface area contributed by atoms with E-state index in [-0.39, 0.29) is 12.4 Å². The fourth-order valence-electron chi connectivity index (χ4n) is 2.36. The molecular formula is C18H24ClN3O3. The van der Waals surface area contributed by atoms with Gasteiger partial charge < -0.3 is 15.2 Å². The molecule has 0 fully saturated rings. The minimum absolute atomic E-state index is 0.155. The van der Waals surface area contributed by atoms with Crippen molar-refractivity contribution >= 4 is 40.2 Å². The third kappa shape index (κ3) is 5.21. The van der Waals surface area contributed by atoms with Crippen LogP contribution in [0.25, 0.3) is 17.0 Å². The van der Waals surface area contributed by atoms with Crippen molar-refractivity contribution in [1.29, 1.82) is 0 Å². The molecule has 7 heteroatoms. The minimum atomic E-state index is -0.504. The van der Waals surface area contributed by atoms with Crippen LogP contribution >= 0.6 is 11.6 Å². The number of ether oxygens (including phenoxy) is 2. The van der Waals surface area contributed by atoms with Gasteiger partial charge in [-0.05, 0) is 26.8 Å². The highest BCUT2D eigenvalue weighted by atomic mass is 35.5. The highest BCUT2D eigenvalue weighted by Gasteiger charge is 2.15. The smallest absolute Gasteiger partial charge is 0.310 e. The Morgan fingerprint density at radius 1 is 1.44 bits per heavy atom. The van der Waals surface area contributed by atoms with Crippen molar-refractivity contribution in [3.05, 3.63) is 28.9 Å². The number of anilines is 1. The third-order valence-electron chi connectivity index (χ3n) is 3.40. The van der Waals surface area contributed by atoms with E-state index in [1.54, 1.807) is 30.0 Å². The maximum atomic E-state index is 11.8. The first kappa shape index (κ1) is 19.3. The normalized spacial score (nSPS) is 12.2. The van der Waals surface area contributed by atoms with Gasteiger partial charge in [-0.1, -0.05) is 23.8 Å². The number of rotatable bonds is 6. The molecule has 0 radical (unpaired) electrons. The van der Waals surface area contributed by atoms with E-state index < -0.39 is 5.60 Å². The van der Waals surface area contributed by atoms with Crippen molar-refractivity contribution in [3.63, 3.8) is 0 Å². The number of carbonyl (C=O) groups is 1. The van der Waals surface area contributed by atoms with Crippen LogP contribution in [0.1, 0.15) is 32.8 Å². The lowest BCUT2D eigenvalue weighted by Gasteiger charge is -2.18. The number of benzene rings is 1. The van der Waals surface area contributed by atoms with Gasteiger partial charge in [-0.25, -0.2) is 0 Å². The third-order valence-corrected chi connectivity index (χ3v) is 3.72. The SMILES string of the molecule is COCCn1cc2c(/C=C/CC(=O)OC(C)(C)C)c(N)c(Cl)cc2n1. The van der Waals surface area contributed by atoms with Gasteiger partial charge in [0, 0.05) is 24.3 Å². The van der Waals surface area contributed by atoms with E-state index in [1.165, 1.54) is 0 Å². The molecule has 2 N–H and O–H groups in total. The van der Waals surface area contributed by atoms with E-state index in [0.29, 0.717) is 23.9 Å². The Kier molecular flexibility index (Phi) is 6.08. The first-order valence-electron chi connectivity index (χ1n) is 8.03. The average molecular weight is 366 g/mol. The largest absolute Gasteiger partial charge is 0.460 e. The number of hydrogen-bond acceptors (Lipinski definition) is 5. The lowest BCUT2D eigenvalue weighted by molar-refractivity contribution is -0.153. The summed E-state index contributed by atoms with van der Waals surface area (Å²) in [5.41, 5.74) is 7.56. The molecule has 0 bridgehead atoms. The molecule has 136 valence electrons. The molecule has 0 aliphatic carbocycles. The first-order chi connectivity index (χ1) is 11.7. The number of fused-ring (bicyclic) bond motifs is 1. The van der Waals surface area contributed by atoms with Gasteiger partial charge in [0.1, 0.15) is 5.60 Å². The Bertz CT molecular complexity index is 791. The second-order valence-corrected chi connectivity index (χ2v) is 7.10. The van der Waals surface area contributed by atoms with Crippen molar-refractivity contribution in [3.8, 4) is 0 Å². The lowest BCUT2D eigenvalue weighted by atomic mass is 10.1. The van der Waals surface area contributed by atoms with Gasteiger partial charge in [-0.15, -0.1) is 0 Å². The second kappa shape index (κ2) is 7.89. The van der Waals surface area contributed by atoms with Gasteiger partial charge in [0.15, 0.2) is 0 Å². The Hall–Kier alpha value is -2.05. The van der Waals surface area contributed by atoms with Crippen molar-refractivity contribution in [2.24, 2.45) is 0 Å². The van der Waals surface area contributed by atoms with Crippen molar-refractivity contribution < 1.29 is 14.3 Å². The van der Waals surface area contributed by atoms with Crippen molar-refractivity contribution in [1.82, 2.24) is 9.78 Å². The van der Waals surface area contributed by atoms with E-state index in [2.05, 4.69) is 5.10 Å². The van der Waals surface area contributed by atoms with Crippen LogP contribution in [0.2, 0.25) is 5.02 Å². The Morgan fingerprint density at radius 2 is 2.16 bits per heavy atom. The number of halogens is 1. The summed E-state index contributed by atoms with van der Waals surface area (Å²) in [7, 11) is 1.64. The maximum Gasteiger partial charge on any atom is 0.310 e. The van der Waals surface area contributed by atoms with Crippen LogP contribution in [0.4, 0.5) is 5.69 Å². The van der Waals surface area contributed by atoms with Gasteiger partial charge >= 0.3 is 5.97 Å². The topological polar surface area (TPSA) is 79.4 Å². The summed E-state index contributed by atoms with van der Waals surface area (Å²) in [6, 6.07) is 1.74. The van der Waals surface area contributed by atoms with Gasteiger partial charge in [0.2, 0.25) is 0 Å². The second-order valence-electron chi connectivity index (χ2n) is 6.70. The standard InChI is InChI=1S/C18H24ClN3O3/c1-18(2,3)25-16(23)7-5-6-12-13-11-22(8-9-24-4)21-15(13)10-14(19)17(12)20/h5-6,10-11H,7-9,20H2,1-4H3/b6-5+. The van der Waals surface area contributed by atoms with Crippen LogP contribution in [-0.4, -0.2) is 35.1 Å². The number of hydrogen-bond donors (Lipinski definition) is 1. The van der Waals surface area contributed by atoms with Crippen molar-refractivity contribution in [2.45, 2.75) is 39.3 Å². The van der Waals surface area contributed by atoms with E-state index in [0.717, 1.165) is 16.5 Å². The van der Waals surface area contributed by atoms with Gasteiger partial charge in [0.05, 0.1) is 35.8 Å². The number of nitrogens with zero attached hydrogens (tertiary/aromatic N) is 2. The fraction of sp³-hybridized carbons (Fsp3) is 0.444. The fourth-order valence-corrected chi connectivity index (χ4v) is 2.56. The Labute approximate surface area is 152 Å². The predicted octanol–water partition coefficient (Wildman–Crippen LogP) is 3.66. The zero-order valence-electron chi connectivity index (χ0n) is 15.0. The first-order valence-corrected chi connectivity index (χ1v) is 8.41. The van der Waals surface area contributed by atoms with Crippen LogP contribution in [0, 0.1) is 0 Å².